The number of carbonyl (C=O) groups excluding carboxylic acids is 1. The lowest BCUT2D eigenvalue weighted by Crippen LogP contribution is -2.28. The number of fused-ring (bicyclic) bond motifs is 1. The summed E-state index contributed by atoms with van der Waals surface area (Å²) in [5.41, 5.74) is 3.06. The van der Waals surface area contributed by atoms with Crippen LogP contribution in [-0.2, 0) is 18.4 Å². The molecule has 1 aromatic heterocycles. The Morgan fingerprint density at radius 1 is 1.42 bits per heavy atom. The zero-order valence-electron chi connectivity index (χ0n) is 13.6. The molecule has 24 heavy (non-hydrogen) atoms. The number of aromatic nitrogens is 2. The van der Waals surface area contributed by atoms with Crippen LogP contribution in [0.4, 0.5) is 5.69 Å². The van der Waals surface area contributed by atoms with E-state index in [1.54, 1.807) is 4.90 Å². The van der Waals surface area contributed by atoms with Crippen molar-refractivity contribution in [1.82, 2.24) is 9.78 Å². The Morgan fingerprint density at radius 3 is 2.96 bits per heavy atom. The Balaban J connectivity index is 1.68. The van der Waals surface area contributed by atoms with Crippen LogP contribution < -0.4 is 14.4 Å². The van der Waals surface area contributed by atoms with Crippen molar-refractivity contribution in [2.45, 2.75) is 25.3 Å². The third-order valence-corrected chi connectivity index (χ3v) is 4.47. The average molecular weight is 325 g/mol. The van der Waals surface area contributed by atoms with Gasteiger partial charge in [-0.1, -0.05) is 6.58 Å². The van der Waals surface area contributed by atoms with Gasteiger partial charge in [-0.15, -0.1) is 0 Å². The van der Waals surface area contributed by atoms with E-state index in [1.165, 1.54) is 24.6 Å². The molecule has 0 bridgehead atoms. The summed E-state index contributed by atoms with van der Waals surface area (Å²) >= 11 is 0. The maximum Gasteiger partial charge on any atom is 0.250 e. The molecule has 0 unspecified atom stereocenters. The van der Waals surface area contributed by atoms with E-state index in [1.807, 2.05) is 36.1 Å². The molecule has 1 aliphatic carbocycles. The first-order valence-corrected chi connectivity index (χ1v) is 8.01. The van der Waals surface area contributed by atoms with E-state index in [0.717, 1.165) is 11.3 Å². The Labute approximate surface area is 140 Å². The highest BCUT2D eigenvalue weighted by Crippen LogP contribution is 2.42. The van der Waals surface area contributed by atoms with Crippen LogP contribution in [0, 0.1) is 0 Å². The van der Waals surface area contributed by atoms with Gasteiger partial charge >= 0.3 is 0 Å². The van der Waals surface area contributed by atoms with Crippen LogP contribution in [0.3, 0.4) is 0 Å². The second kappa shape index (κ2) is 5.70. The number of rotatable bonds is 5. The van der Waals surface area contributed by atoms with Gasteiger partial charge in [-0.3, -0.25) is 9.48 Å². The van der Waals surface area contributed by atoms with Crippen molar-refractivity contribution in [1.29, 1.82) is 0 Å². The van der Waals surface area contributed by atoms with Crippen molar-refractivity contribution in [2.75, 3.05) is 11.7 Å². The minimum atomic E-state index is -0.153. The molecule has 0 spiro atoms. The topological polar surface area (TPSA) is 56.6 Å². The molecule has 1 aliphatic heterocycles. The molecule has 1 aromatic carbocycles. The van der Waals surface area contributed by atoms with Gasteiger partial charge in [-0.2, -0.15) is 5.10 Å². The summed E-state index contributed by atoms with van der Waals surface area (Å²) in [4.78, 5) is 14.1. The number of hydrogen-bond donors (Lipinski definition) is 0. The quantitative estimate of drug-likeness (QED) is 0.793. The molecule has 0 radical (unpaired) electrons. The fraction of sp³-hybridized carbons (Fsp3) is 0.333. The molecule has 2 aromatic rings. The Hall–Kier alpha value is -2.76. The smallest absolute Gasteiger partial charge is 0.250 e. The maximum atomic E-state index is 12.4. The molecular weight excluding hydrogens is 306 g/mol. The molecule has 0 saturated heterocycles. The second-order valence-corrected chi connectivity index (χ2v) is 6.12. The van der Waals surface area contributed by atoms with Crippen LogP contribution in [0.2, 0.25) is 0 Å². The highest BCUT2D eigenvalue weighted by molar-refractivity contribution is 6.01. The molecule has 1 fully saturated rings. The Morgan fingerprint density at radius 2 is 2.21 bits per heavy atom. The summed E-state index contributed by atoms with van der Waals surface area (Å²) in [5.74, 6) is 1.76. The number of nitrogens with zero attached hydrogens (tertiary/aromatic N) is 3. The lowest BCUT2D eigenvalue weighted by atomic mass is 10.1. The van der Waals surface area contributed by atoms with E-state index in [9.17, 15) is 4.79 Å². The van der Waals surface area contributed by atoms with Gasteiger partial charge < -0.3 is 14.4 Å². The first kappa shape index (κ1) is 14.8. The largest absolute Gasteiger partial charge is 0.454 e. The predicted octanol–water partition coefficient (Wildman–Crippen LogP) is 2.75. The lowest BCUT2D eigenvalue weighted by Gasteiger charge is -2.22. The van der Waals surface area contributed by atoms with Crippen LogP contribution in [0.1, 0.15) is 30.0 Å². The molecule has 0 N–H and O–H groups in total. The highest BCUT2D eigenvalue weighted by Gasteiger charge is 2.30. The highest BCUT2D eigenvalue weighted by atomic mass is 16.7. The Bertz CT molecular complexity index is 808. The Kier molecular flexibility index (Phi) is 3.52. The van der Waals surface area contributed by atoms with E-state index in [2.05, 4.69) is 11.7 Å². The molecule has 6 nitrogen and oxygen atoms in total. The number of anilines is 1. The molecule has 1 saturated carbocycles. The van der Waals surface area contributed by atoms with Crippen molar-refractivity contribution < 1.29 is 14.3 Å². The normalized spacial score (nSPS) is 15.4. The second-order valence-electron chi connectivity index (χ2n) is 6.12. The van der Waals surface area contributed by atoms with Gasteiger partial charge in [0.2, 0.25) is 6.79 Å². The van der Waals surface area contributed by atoms with E-state index in [4.69, 9.17) is 9.47 Å². The van der Waals surface area contributed by atoms with Crippen molar-refractivity contribution in [3.05, 3.63) is 48.3 Å². The van der Waals surface area contributed by atoms with Crippen LogP contribution in [0.5, 0.6) is 11.5 Å². The summed E-state index contributed by atoms with van der Waals surface area (Å²) < 4.78 is 12.7. The fourth-order valence-electron chi connectivity index (χ4n) is 3.13. The summed E-state index contributed by atoms with van der Waals surface area (Å²) in [6.45, 7) is 4.30. The van der Waals surface area contributed by atoms with Crippen LogP contribution >= 0.6 is 0 Å². The number of amides is 1. The number of benzene rings is 1. The van der Waals surface area contributed by atoms with E-state index in [0.29, 0.717) is 24.0 Å². The molecule has 124 valence electrons. The summed E-state index contributed by atoms with van der Waals surface area (Å²) in [7, 11) is 1.96. The molecule has 2 heterocycles. The van der Waals surface area contributed by atoms with Gasteiger partial charge in [-0.05, 0) is 31.1 Å². The zero-order valence-corrected chi connectivity index (χ0v) is 13.6. The zero-order chi connectivity index (χ0) is 16.7. The molecule has 1 amide bonds. The number of carbonyl (C=O) groups is 1. The standard InChI is InChI=1S/C18H19N3O3/c1-3-17(22)21(14-6-7-15-16(8-14)24-11-23-15)10-13-9-19-20(2)18(13)12-4-5-12/h3,6-9,12H,1,4-5,10-11H2,2H3. The predicted molar refractivity (Wildman–Crippen MR) is 89.1 cm³/mol. The summed E-state index contributed by atoms with van der Waals surface area (Å²) in [5, 5.41) is 4.38. The average Bonchev–Trinajstić information content (AvgIpc) is 3.19. The number of ether oxygens (including phenoxy) is 2. The van der Waals surface area contributed by atoms with E-state index < -0.39 is 0 Å². The van der Waals surface area contributed by atoms with Crippen molar-refractivity contribution in [3.8, 4) is 11.5 Å². The van der Waals surface area contributed by atoms with Gasteiger partial charge in [0.1, 0.15) is 0 Å². The first-order valence-electron chi connectivity index (χ1n) is 8.01. The summed E-state index contributed by atoms with van der Waals surface area (Å²) in [6, 6.07) is 5.52. The fourth-order valence-corrected chi connectivity index (χ4v) is 3.13. The van der Waals surface area contributed by atoms with Crippen molar-refractivity contribution >= 4 is 11.6 Å². The molecule has 2 aliphatic rings. The maximum absolute atomic E-state index is 12.4. The van der Waals surface area contributed by atoms with Crippen LogP contribution in [-0.4, -0.2) is 22.5 Å². The van der Waals surface area contributed by atoms with Crippen LogP contribution in [0.15, 0.2) is 37.1 Å². The lowest BCUT2D eigenvalue weighted by molar-refractivity contribution is -0.114. The van der Waals surface area contributed by atoms with E-state index in [-0.39, 0.29) is 12.7 Å². The van der Waals surface area contributed by atoms with Gasteiger partial charge in [0.05, 0.1) is 12.7 Å². The molecule has 4 rings (SSSR count). The van der Waals surface area contributed by atoms with Gasteiger partial charge in [0.15, 0.2) is 11.5 Å². The van der Waals surface area contributed by atoms with Gasteiger partial charge in [0, 0.05) is 36.0 Å². The van der Waals surface area contributed by atoms with Crippen molar-refractivity contribution in [2.24, 2.45) is 7.05 Å². The van der Waals surface area contributed by atoms with Gasteiger partial charge in [0.25, 0.3) is 5.91 Å². The minimum Gasteiger partial charge on any atom is -0.454 e. The van der Waals surface area contributed by atoms with E-state index >= 15 is 0 Å². The SMILES string of the molecule is C=CC(=O)N(Cc1cnn(C)c1C1CC1)c1ccc2c(c1)OCO2. The molecule has 0 atom stereocenters. The van der Waals surface area contributed by atoms with Crippen molar-refractivity contribution in [3.63, 3.8) is 0 Å². The monoisotopic (exact) mass is 325 g/mol. The third kappa shape index (κ3) is 2.54. The van der Waals surface area contributed by atoms with Gasteiger partial charge in [-0.25, -0.2) is 0 Å². The third-order valence-electron chi connectivity index (χ3n) is 4.47. The molecular formula is C18H19N3O3. The minimum absolute atomic E-state index is 0.153. The summed E-state index contributed by atoms with van der Waals surface area (Å²) in [6.07, 6.45) is 5.56. The number of hydrogen-bond acceptors (Lipinski definition) is 4. The molecule has 6 heteroatoms. The first-order chi connectivity index (χ1) is 11.7. The number of aryl methyl sites for hydroxylation is 1. The van der Waals surface area contributed by atoms with Crippen LogP contribution in [0.25, 0.3) is 0 Å².